The smallest absolute Gasteiger partial charge is 0.337 e. The van der Waals surface area contributed by atoms with Gasteiger partial charge in [0, 0.05) is 11.3 Å². The van der Waals surface area contributed by atoms with Crippen LogP contribution in [0.15, 0.2) is 18.2 Å². The van der Waals surface area contributed by atoms with Gasteiger partial charge in [-0.25, -0.2) is 4.79 Å². The Kier molecular flexibility index (Phi) is 3.83. The van der Waals surface area contributed by atoms with Gasteiger partial charge in [0.15, 0.2) is 0 Å². The molecule has 0 unspecified atom stereocenters. The molecule has 4 heteroatoms. The van der Waals surface area contributed by atoms with Crippen LogP contribution in [0.25, 0.3) is 0 Å². The van der Waals surface area contributed by atoms with Gasteiger partial charge in [0.2, 0.25) is 0 Å². The van der Waals surface area contributed by atoms with Crippen molar-refractivity contribution in [2.45, 2.75) is 0 Å². The second-order valence-corrected chi connectivity index (χ2v) is 2.25. The number of aromatic carboxylic acids is 1. The quantitative estimate of drug-likeness (QED) is 0.528. The van der Waals surface area contributed by atoms with E-state index in [4.69, 9.17) is 17.3 Å². The Balaban J connectivity index is 0.00000144. The Hall–Kier alpha value is -1.66. The average Bonchev–Trinajstić information content (AvgIpc) is 2.05. The van der Waals surface area contributed by atoms with E-state index in [-0.39, 0.29) is 23.7 Å². The Morgan fingerprint density at radius 1 is 1.54 bits per heavy atom. The molecule has 0 saturated carbocycles. The van der Waals surface area contributed by atoms with E-state index >= 15 is 0 Å². The van der Waals surface area contributed by atoms with Crippen molar-refractivity contribution >= 4 is 24.1 Å². The summed E-state index contributed by atoms with van der Waals surface area (Å²) in [6.07, 6.45) is 5.09. The molecule has 0 radical (unpaired) electrons. The van der Waals surface area contributed by atoms with Crippen molar-refractivity contribution in [1.29, 1.82) is 0 Å². The van der Waals surface area contributed by atoms with Gasteiger partial charge >= 0.3 is 5.97 Å². The van der Waals surface area contributed by atoms with E-state index in [0.29, 0.717) is 5.56 Å². The van der Waals surface area contributed by atoms with E-state index in [9.17, 15) is 4.79 Å². The zero-order valence-corrected chi connectivity index (χ0v) is 7.47. The fourth-order valence-corrected chi connectivity index (χ4v) is 0.831. The van der Waals surface area contributed by atoms with Crippen LogP contribution in [0.4, 0.5) is 5.69 Å². The van der Waals surface area contributed by atoms with Crippen LogP contribution in [0.1, 0.15) is 15.9 Å². The summed E-state index contributed by atoms with van der Waals surface area (Å²) in [4.78, 5) is 10.5. The number of carboxylic acids is 1. The lowest BCUT2D eigenvalue weighted by atomic mass is 10.1. The Bertz CT molecular complexity index is 368. The molecule has 0 amide bonds. The molecule has 13 heavy (non-hydrogen) atoms. The van der Waals surface area contributed by atoms with Crippen LogP contribution in [0.5, 0.6) is 0 Å². The first kappa shape index (κ1) is 11.3. The van der Waals surface area contributed by atoms with E-state index < -0.39 is 5.97 Å². The van der Waals surface area contributed by atoms with E-state index in [1.54, 1.807) is 6.07 Å². The highest BCUT2D eigenvalue weighted by Gasteiger charge is 2.06. The van der Waals surface area contributed by atoms with Gasteiger partial charge in [-0.05, 0) is 18.2 Å². The van der Waals surface area contributed by atoms with Crippen LogP contribution in [-0.2, 0) is 0 Å². The number of carbonyl (C=O) groups is 1. The molecular formula is C9H8ClNO2. The number of hydrogen-bond donors (Lipinski definition) is 2. The fraction of sp³-hybridized carbons (Fsp3) is 0. The third-order valence-electron chi connectivity index (χ3n) is 1.45. The summed E-state index contributed by atoms with van der Waals surface area (Å²) in [6, 6.07) is 4.46. The summed E-state index contributed by atoms with van der Waals surface area (Å²) in [7, 11) is 0. The average molecular weight is 198 g/mol. The molecule has 0 aromatic heterocycles. The van der Waals surface area contributed by atoms with E-state index in [0.717, 1.165) is 0 Å². The molecule has 0 bridgehead atoms. The summed E-state index contributed by atoms with van der Waals surface area (Å²) in [5.41, 5.74) is 6.18. The minimum atomic E-state index is -1.07. The van der Waals surface area contributed by atoms with Crippen LogP contribution < -0.4 is 5.73 Å². The lowest BCUT2D eigenvalue weighted by Gasteiger charge is -1.99. The first-order valence-electron chi connectivity index (χ1n) is 3.24. The molecule has 1 rings (SSSR count). The van der Waals surface area contributed by atoms with Gasteiger partial charge in [-0.3, -0.25) is 0 Å². The predicted molar refractivity (Wildman–Crippen MR) is 53.0 cm³/mol. The molecule has 0 heterocycles. The summed E-state index contributed by atoms with van der Waals surface area (Å²) >= 11 is 0. The lowest BCUT2D eigenvalue weighted by molar-refractivity contribution is 0.0698. The lowest BCUT2D eigenvalue weighted by Crippen LogP contribution is -2.02. The van der Waals surface area contributed by atoms with E-state index in [1.165, 1.54) is 12.1 Å². The summed E-state index contributed by atoms with van der Waals surface area (Å²) < 4.78 is 0. The Labute approximate surface area is 82.0 Å². The zero-order chi connectivity index (χ0) is 9.14. The van der Waals surface area contributed by atoms with Crippen molar-refractivity contribution in [1.82, 2.24) is 0 Å². The van der Waals surface area contributed by atoms with E-state index in [2.05, 4.69) is 5.92 Å². The Morgan fingerprint density at radius 3 is 2.62 bits per heavy atom. The first-order chi connectivity index (χ1) is 5.65. The normalized spacial score (nSPS) is 8.23. The topological polar surface area (TPSA) is 63.3 Å². The Morgan fingerprint density at radius 2 is 2.15 bits per heavy atom. The predicted octanol–water partition coefficient (Wildman–Crippen LogP) is 1.37. The summed E-state index contributed by atoms with van der Waals surface area (Å²) in [5.74, 6) is 1.27. The molecule has 0 saturated heterocycles. The second-order valence-electron chi connectivity index (χ2n) is 2.25. The summed E-state index contributed by atoms with van der Waals surface area (Å²) in [6.45, 7) is 0. The highest BCUT2D eigenvalue weighted by molar-refractivity contribution is 5.94. The largest absolute Gasteiger partial charge is 0.478 e. The third-order valence-corrected chi connectivity index (χ3v) is 1.45. The van der Waals surface area contributed by atoms with Crippen molar-refractivity contribution in [2.24, 2.45) is 0 Å². The first-order valence-corrected chi connectivity index (χ1v) is 3.24. The number of nitrogen functional groups attached to an aromatic ring is 1. The number of hydrogen-bond acceptors (Lipinski definition) is 2. The van der Waals surface area contributed by atoms with Crippen LogP contribution in [0.3, 0.4) is 0 Å². The minimum absolute atomic E-state index is 0. The maximum absolute atomic E-state index is 10.5. The summed E-state index contributed by atoms with van der Waals surface area (Å²) in [5, 5.41) is 8.64. The monoisotopic (exact) mass is 197 g/mol. The van der Waals surface area contributed by atoms with Crippen molar-refractivity contribution in [2.75, 3.05) is 5.73 Å². The number of rotatable bonds is 1. The molecule has 0 aliphatic carbocycles. The molecule has 0 spiro atoms. The molecule has 3 nitrogen and oxygen atoms in total. The van der Waals surface area contributed by atoms with Gasteiger partial charge in [0.05, 0.1) is 5.56 Å². The van der Waals surface area contributed by atoms with Crippen LogP contribution >= 0.6 is 12.4 Å². The molecule has 3 N–H and O–H groups in total. The van der Waals surface area contributed by atoms with Gasteiger partial charge in [-0.1, -0.05) is 5.92 Å². The number of terminal acetylenes is 1. The molecule has 68 valence electrons. The molecule has 1 aromatic rings. The number of benzene rings is 1. The van der Waals surface area contributed by atoms with Crippen molar-refractivity contribution in [3.05, 3.63) is 29.3 Å². The molecule has 1 aromatic carbocycles. The van der Waals surface area contributed by atoms with Gasteiger partial charge in [0.25, 0.3) is 0 Å². The standard InChI is InChI=1S/C9H7NO2.ClH/c1-2-6-3-4-8(10)7(5-6)9(11)12;/h1,3-5H,10H2,(H,11,12);1H. The van der Waals surface area contributed by atoms with E-state index in [1.807, 2.05) is 0 Å². The van der Waals surface area contributed by atoms with Gasteiger partial charge in [0.1, 0.15) is 0 Å². The maximum Gasteiger partial charge on any atom is 0.337 e. The zero-order valence-electron chi connectivity index (χ0n) is 6.65. The van der Waals surface area contributed by atoms with Gasteiger partial charge in [-0.2, -0.15) is 0 Å². The molecule has 0 aliphatic rings. The molecule has 0 fully saturated rings. The molecular weight excluding hydrogens is 190 g/mol. The van der Waals surface area contributed by atoms with Gasteiger partial charge in [-0.15, -0.1) is 18.8 Å². The van der Waals surface area contributed by atoms with Crippen LogP contribution in [0, 0.1) is 12.3 Å². The van der Waals surface area contributed by atoms with Crippen molar-refractivity contribution < 1.29 is 9.90 Å². The van der Waals surface area contributed by atoms with Crippen LogP contribution in [-0.4, -0.2) is 11.1 Å². The highest BCUT2D eigenvalue weighted by atomic mass is 35.5. The molecule has 0 aliphatic heterocycles. The SMILES string of the molecule is C#Cc1ccc(N)c(C(=O)O)c1.Cl. The number of anilines is 1. The number of carboxylic acid groups (broad SMARTS) is 1. The minimum Gasteiger partial charge on any atom is -0.478 e. The maximum atomic E-state index is 10.5. The van der Waals surface area contributed by atoms with Gasteiger partial charge < -0.3 is 10.8 Å². The fourth-order valence-electron chi connectivity index (χ4n) is 0.831. The van der Waals surface area contributed by atoms with Crippen molar-refractivity contribution in [3.63, 3.8) is 0 Å². The number of nitrogens with two attached hydrogens (primary N) is 1. The van der Waals surface area contributed by atoms with Crippen LogP contribution in [0.2, 0.25) is 0 Å². The van der Waals surface area contributed by atoms with Crippen molar-refractivity contribution in [3.8, 4) is 12.3 Å². The second kappa shape index (κ2) is 4.39. The highest BCUT2D eigenvalue weighted by Crippen LogP contribution is 2.13. The third kappa shape index (κ3) is 2.39. The number of halogens is 1. The molecule has 0 atom stereocenters.